The van der Waals surface area contributed by atoms with Crippen molar-refractivity contribution in [1.29, 1.82) is 0 Å². The average molecular weight is 397 g/mol. The number of benzene rings is 1. The van der Waals surface area contributed by atoms with Crippen molar-refractivity contribution in [3.63, 3.8) is 0 Å². The lowest BCUT2D eigenvalue weighted by molar-refractivity contribution is 0.0507. The molecule has 0 fully saturated rings. The summed E-state index contributed by atoms with van der Waals surface area (Å²) in [6, 6.07) is 11.4. The van der Waals surface area contributed by atoms with Gasteiger partial charge in [0.15, 0.2) is 0 Å². The zero-order valence-electron chi connectivity index (χ0n) is 17.8. The highest BCUT2D eigenvalue weighted by Crippen LogP contribution is 2.29. The Labute approximate surface area is 171 Å². The number of ether oxygens (including phenoxy) is 1. The minimum absolute atomic E-state index is 0.330. The second kappa shape index (κ2) is 9.45. The SMILES string of the molecule is CC.CC(NC(=O)OC(C)(C)C)c1nc2ccc(F)cc2cc1-c1ccccn1. The summed E-state index contributed by atoms with van der Waals surface area (Å²) < 4.78 is 19.0. The van der Waals surface area contributed by atoms with E-state index in [-0.39, 0.29) is 5.82 Å². The predicted octanol–water partition coefficient (Wildman–Crippen LogP) is 6.05. The summed E-state index contributed by atoms with van der Waals surface area (Å²) in [6.45, 7) is 11.2. The molecule has 1 unspecified atom stereocenters. The van der Waals surface area contributed by atoms with E-state index in [0.717, 1.165) is 5.56 Å². The van der Waals surface area contributed by atoms with Crippen molar-refractivity contribution in [3.8, 4) is 11.3 Å². The van der Waals surface area contributed by atoms with E-state index in [1.165, 1.54) is 12.1 Å². The zero-order valence-corrected chi connectivity index (χ0v) is 17.8. The van der Waals surface area contributed by atoms with Gasteiger partial charge in [-0.25, -0.2) is 14.2 Å². The van der Waals surface area contributed by atoms with Crippen molar-refractivity contribution in [3.05, 3.63) is 60.2 Å². The number of hydrogen-bond acceptors (Lipinski definition) is 4. The lowest BCUT2D eigenvalue weighted by Gasteiger charge is -2.23. The van der Waals surface area contributed by atoms with Gasteiger partial charge in [-0.1, -0.05) is 19.9 Å². The third-order valence-corrected chi connectivity index (χ3v) is 3.89. The minimum Gasteiger partial charge on any atom is -0.444 e. The van der Waals surface area contributed by atoms with Gasteiger partial charge < -0.3 is 10.1 Å². The van der Waals surface area contributed by atoms with Crippen molar-refractivity contribution in [2.24, 2.45) is 0 Å². The molecule has 0 saturated heterocycles. The smallest absolute Gasteiger partial charge is 0.408 e. The van der Waals surface area contributed by atoms with Crippen LogP contribution in [0.2, 0.25) is 0 Å². The topological polar surface area (TPSA) is 64.1 Å². The Morgan fingerprint density at radius 3 is 2.48 bits per heavy atom. The van der Waals surface area contributed by atoms with Crippen LogP contribution in [0.1, 0.15) is 53.3 Å². The molecule has 29 heavy (non-hydrogen) atoms. The van der Waals surface area contributed by atoms with Gasteiger partial charge in [-0.15, -0.1) is 0 Å². The molecule has 2 aromatic heterocycles. The molecule has 0 aliphatic carbocycles. The number of halogens is 1. The summed E-state index contributed by atoms with van der Waals surface area (Å²) in [7, 11) is 0. The van der Waals surface area contributed by atoms with Gasteiger partial charge in [0.05, 0.1) is 22.9 Å². The Morgan fingerprint density at radius 2 is 1.86 bits per heavy atom. The van der Waals surface area contributed by atoms with Gasteiger partial charge >= 0.3 is 6.09 Å². The van der Waals surface area contributed by atoms with Crippen LogP contribution in [0.4, 0.5) is 9.18 Å². The van der Waals surface area contributed by atoms with Crippen LogP contribution in [0.5, 0.6) is 0 Å². The van der Waals surface area contributed by atoms with Crippen LogP contribution in [-0.4, -0.2) is 21.7 Å². The maximum absolute atomic E-state index is 13.6. The van der Waals surface area contributed by atoms with E-state index in [0.29, 0.717) is 22.3 Å². The van der Waals surface area contributed by atoms with E-state index in [2.05, 4.69) is 15.3 Å². The molecule has 3 rings (SSSR count). The Morgan fingerprint density at radius 1 is 1.14 bits per heavy atom. The molecular formula is C23H28FN3O2. The number of alkyl carbamates (subject to hydrolysis) is 1. The average Bonchev–Trinajstić information content (AvgIpc) is 2.67. The second-order valence-corrected chi connectivity index (χ2v) is 7.34. The molecule has 0 radical (unpaired) electrons. The van der Waals surface area contributed by atoms with Gasteiger partial charge in [0.25, 0.3) is 0 Å². The normalized spacial score (nSPS) is 12.0. The molecular weight excluding hydrogens is 369 g/mol. The standard InChI is InChI=1S/C21H22FN3O2.C2H6/c1-13(24-20(26)27-21(2,3)4)19-16(18-7-5-6-10-23-18)12-14-11-15(22)8-9-17(14)25-19;1-2/h5-13H,1-4H3,(H,24,26);1-2H3. The predicted molar refractivity (Wildman–Crippen MR) is 114 cm³/mol. The zero-order chi connectivity index (χ0) is 21.6. The molecule has 1 N–H and O–H groups in total. The maximum Gasteiger partial charge on any atom is 0.408 e. The van der Waals surface area contributed by atoms with Gasteiger partial charge in [-0.3, -0.25) is 4.98 Å². The molecule has 0 aliphatic heterocycles. The number of carbonyl (C=O) groups excluding carboxylic acids is 1. The van der Waals surface area contributed by atoms with E-state index >= 15 is 0 Å². The van der Waals surface area contributed by atoms with Gasteiger partial charge in [0, 0.05) is 17.1 Å². The molecule has 0 saturated carbocycles. The van der Waals surface area contributed by atoms with Crippen LogP contribution in [0.15, 0.2) is 48.7 Å². The Bertz CT molecular complexity index is 969. The molecule has 3 aromatic rings. The second-order valence-electron chi connectivity index (χ2n) is 7.34. The summed E-state index contributed by atoms with van der Waals surface area (Å²) in [5, 5.41) is 3.48. The highest BCUT2D eigenvalue weighted by Gasteiger charge is 2.22. The number of nitrogens with zero attached hydrogens (tertiary/aromatic N) is 2. The van der Waals surface area contributed by atoms with Crippen molar-refractivity contribution in [2.75, 3.05) is 0 Å². The van der Waals surface area contributed by atoms with Crippen LogP contribution in [0.3, 0.4) is 0 Å². The first-order chi connectivity index (χ1) is 13.7. The number of fused-ring (bicyclic) bond motifs is 1. The Balaban J connectivity index is 0.00000145. The first-order valence-electron chi connectivity index (χ1n) is 9.74. The van der Waals surface area contributed by atoms with Crippen LogP contribution in [-0.2, 0) is 4.74 Å². The van der Waals surface area contributed by atoms with E-state index in [1.54, 1.807) is 33.0 Å². The molecule has 5 nitrogen and oxygen atoms in total. The summed E-state index contributed by atoms with van der Waals surface area (Å²) in [6.07, 6.45) is 1.16. The highest BCUT2D eigenvalue weighted by atomic mass is 19.1. The number of aromatic nitrogens is 2. The summed E-state index contributed by atoms with van der Waals surface area (Å²) >= 11 is 0. The Hall–Kier alpha value is -3.02. The van der Waals surface area contributed by atoms with Crippen molar-refractivity contribution in [2.45, 2.75) is 53.2 Å². The van der Waals surface area contributed by atoms with E-state index in [9.17, 15) is 9.18 Å². The van der Waals surface area contributed by atoms with Gasteiger partial charge in [-0.05, 0) is 64.1 Å². The molecule has 154 valence electrons. The third kappa shape index (κ3) is 5.98. The first-order valence-corrected chi connectivity index (χ1v) is 9.74. The highest BCUT2D eigenvalue weighted by molar-refractivity contribution is 5.84. The number of amides is 1. The molecule has 1 amide bonds. The molecule has 1 aromatic carbocycles. The number of hydrogen-bond donors (Lipinski definition) is 1. The molecule has 6 heteroatoms. The minimum atomic E-state index is -0.595. The van der Waals surface area contributed by atoms with Crippen molar-refractivity contribution >= 4 is 17.0 Å². The van der Waals surface area contributed by atoms with Crippen LogP contribution < -0.4 is 5.32 Å². The first kappa shape index (κ1) is 22.3. The number of pyridine rings is 2. The van der Waals surface area contributed by atoms with E-state index < -0.39 is 17.7 Å². The van der Waals surface area contributed by atoms with Gasteiger partial charge in [0.2, 0.25) is 0 Å². The number of nitrogens with one attached hydrogen (secondary N) is 1. The monoisotopic (exact) mass is 397 g/mol. The van der Waals surface area contributed by atoms with Gasteiger partial charge in [-0.2, -0.15) is 0 Å². The van der Waals surface area contributed by atoms with Gasteiger partial charge in [0.1, 0.15) is 11.4 Å². The quantitative estimate of drug-likeness (QED) is 0.584. The Kier molecular flexibility index (Phi) is 7.26. The number of carbonyl (C=O) groups is 1. The molecule has 0 bridgehead atoms. The molecule has 2 heterocycles. The van der Waals surface area contributed by atoms with Crippen LogP contribution >= 0.6 is 0 Å². The summed E-state index contributed by atoms with van der Waals surface area (Å²) in [4.78, 5) is 21.2. The molecule has 0 spiro atoms. The van der Waals surface area contributed by atoms with Crippen LogP contribution in [0.25, 0.3) is 22.2 Å². The fourth-order valence-electron chi connectivity index (χ4n) is 2.77. The lowest BCUT2D eigenvalue weighted by atomic mass is 10.0. The van der Waals surface area contributed by atoms with Crippen LogP contribution in [0, 0.1) is 5.82 Å². The fraction of sp³-hybridized carbons (Fsp3) is 0.348. The summed E-state index contributed by atoms with van der Waals surface area (Å²) in [5.41, 5.74) is 2.12. The van der Waals surface area contributed by atoms with E-state index in [1.807, 2.05) is 45.0 Å². The third-order valence-electron chi connectivity index (χ3n) is 3.89. The molecule has 0 aliphatic rings. The lowest BCUT2D eigenvalue weighted by Crippen LogP contribution is -2.34. The van der Waals surface area contributed by atoms with E-state index in [4.69, 9.17) is 4.74 Å². The fourth-order valence-corrected chi connectivity index (χ4v) is 2.77. The summed E-state index contributed by atoms with van der Waals surface area (Å²) in [5.74, 6) is -0.330. The maximum atomic E-state index is 13.6. The van der Waals surface area contributed by atoms with Crippen molar-refractivity contribution < 1.29 is 13.9 Å². The number of rotatable bonds is 3. The molecule has 1 atom stereocenters. The largest absolute Gasteiger partial charge is 0.444 e. The van der Waals surface area contributed by atoms with Crippen molar-refractivity contribution in [1.82, 2.24) is 15.3 Å².